The molecule has 2 saturated heterocycles. The van der Waals surface area contributed by atoms with Gasteiger partial charge < -0.3 is 25.0 Å². The van der Waals surface area contributed by atoms with Crippen molar-refractivity contribution in [3.63, 3.8) is 0 Å². The zero-order valence-corrected chi connectivity index (χ0v) is 21.3. The lowest BCUT2D eigenvalue weighted by Crippen LogP contribution is -2.42. The van der Waals surface area contributed by atoms with Gasteiger partial charge in [-0.05, 0) is 56.0 Å². The lowest BCUT2D eigenvalue weighted by atomic mass is 10.1. The summed E-state index contributed by atoms with van der Waals surface area (Å²) in [6.07, 6.45) is 5.72. The van der Waals surface area contributed by atoms with Crippen LogP contribution in [-0.4, -0.2) is 58.6 Å². The molecule has 2 aromatic carbocycles. The number of nitrogens with one attached hydrogen (secondary N) is 2. The molecule has 0 saturated carbocycles. The Morgan fingerprint density at radius 1 is 1.24 bits per heavy atom. The van der Waals surface area contributed by atoms with Crippen LogP contribution in [0.4, 0.5) is 21.6 Å². The molecule has 0 aliphatic carbocycles. The summed E-state index contributed by atoms with van der Waals surface area (Å²) in [5.41, 5.74) is 1.51. The summed E-state index contributed by atoms with van der Waals surface area (Å²) < 4.78 is 25.4. The van der Waals surface area contributed by atoms with E-state index in [4.69, 9.17) is 21.1 Å². The highest BCUT2D eigenvalue weighted by atomic mass is 35.5. The van der Waals surface area contributed by atoms with Crippen LogP contribution in [0.2, 0.25) is 5.02 Å². The topological polar surface area (TPSA) is 106 Å². The number of hydrogen-bond acceptors (Lipinski definition) is 7. The number of carbonyl (C=O) groups is 2. The van der Waals surface area contributed by atoms with E-state index >= 15 is 0 Å². The Morgan fingerprint density at radius 2 is 2.11 bits per heavy atom. The fourth-order valence-electron chi connectivity index (χ4n) is 4.71. The Kier molecular flexibility index (Phi) is 7.71. The monoisotopic (exact) mass is 539 g/mol. The smallest absolute Gasteiger partial charge is 0.247 e. The van der Waals surface area contributed by atoms with Crippen molar-refractivity contribution in [2.45, 2.75) is 37.8 Å². The van der Waals surface area contributed by atoms with Crippen molar-refractivity contribution in [3.05, 3.63) is 60.2 Å². The Hall–Kier alpha value is -3.76. The summed E-state index contributed by atoms with van der Waals surface area (Å²) in [5, 5.41) is 6.66. The molecular formula is C27H27ClFN5O4. The first-order valence-electron chi connectivity index (χ1n) is 12.4. The van der Waals surface area contributed by atoms with Crippen molar-refractivity contribution in [1.29, 1.82) is 0 Å². The zero-order valence-electron chi connectivity index (χ0n) is 20.6. The third-order valence-corrected chi connectivity index (χ3v) is 6.93. The predicted octanol–water partition coefficient (Wildman–Crippen LogP) is 4.84. The number of aromatic nitrogens is 2. The number of ether oxygens (including phenoxy) is 2. The predicted molar refractivity (Wildman–Crippen MR) is 142 cm³/mol. The van der Waals surface area contributed by atoms with Crippen LogP contribution in [0, 0.1) is 5.82 Å². The molecule has 2 aliphatic rings. The van der Waals surface area contributed by atoms with Crippen LogP contribution < -0.4 is 15.4 Å². The van der Waals surface area contributed by atoms with E-state index in [-0.39, 0.29) is 22.9 Å². The number of halogens is 2. The van der Waals surface area contributed by atoms with Crippen molar-refractivity contribution < 1.29 is 23.5 Å². The van der Waals surface area contributed by atoms with Crippen LogP contribution in [-0.2, 0) is 14.3 Å². The molecule has 2 atom stereocenters. The fraction of sp³-hybridized carbons (Fsp3) is 0.333. The van der Waals surface area contributed by atoms with Crippen LogP contribution in [0.25, 0.3) is 10.9 Å². The third kappa shape index (κ3) is 5.56. The van der Waals surface area contributed by atoms with Crippen molar-refractivity contribution in [2.24, 2.45) is 0 Å². The molecule has 9 nitrogen and oxygen atoms in total. The van der Waals surface area contributed by atoms with E-state index < -0.39 is 11.9 Å². The highest BCUT2D eigenvalue weighted by Gasteiger charge is 2.33. The molecule has 11 heteroatoms. The molecular weight excluding hydrogens is 513 g/mol. The van der Waals surface area contributed by atoms with Crippen LogP contribution >= 0.6 is 11.6 Å². The molecule has 5 rings (SSSR count). The Labute approximate surface area is 224 Å². The molecule has 38 heavy (non-hydrogen) atoms. The molecule has 1 unspecified atom stereocenters. The van der Waals surface area contributed by atoms with E-state index in [9.17, 15) is 14.0 Å². The van der Waals surface area contributed by atoms with Crippen molar-refractivity contribution in [3.8, 4) is 5.75 Å². The summed E-state index contributed by atoms with van der Waals surface area (Å²) >= 11 is 5.94. The molecule has 3 heterocycles. The van der Waals surface area contributed by atoms with Crippen LogP contribution in [0.1, 0.15) is 25.7 Å². The van der Waals surface area contributed by atoms with Gasteiger partial charge >= 0.3 is 0 Å². The maximum atomic E-state index is 13.6. The number of carbonyl (C=O) groups excluding carboxylic acids is 2. The SMILES string of the molecule is C=CC(=O)N1CCC[C@H]1C(=O)Nc1cc2c(Nc3ccc(F)c(Cl)c3)ncnc2cc1OCC1CCCO1. The molecule has 0 spiro atoms. The van der Waals surface area contributed by atoms with Gasteiger partial charge in [0.05, 0.1) is 22.3 Å². The molecule has 2 aliphatic heterocycles. The van der Waals surface area contributed by atoms with E-state index in [1.165, 1.54) is 29.4 Å². The zero-order chi connectivity index (χ0) is 26.6. The van der Waals surface area contributed by atoms with Gasteiger partial charge in [0.25, 0.3) is 0 Å². The number of rotatable bonds is 8. The average Bonchev–Trinajstić information content (AvgIpc) is 3.62. The first-order valence-corrected chi connectivity index (χ1v) is 12.8. The minimum atomic E-state index is -0.617. The molecule has 2 N–H and O–H groups in total. The van der Waals surface area contributed by atoms with Crippen molar-refractivity contribution in [2.75, 3.05) is 30.4 Å². The van der Waals surface area contributed by atoms with Gasteiger partial charge in [0.15, 0.2) is 0 Å². The van der Waals surface area contributed by atoms with Crippen molar-refractivity contribution in [1.82, 2.24) is 14.9 Å². The summed E-state index contributed by atoms with van der Waals surface area (Å²) in [6, 6.07) is 7.09. The van der Waals surface area contributed by atoms with Gasteiger partial charge in [0.1, 0.15) is 36.4 Å². The number of amides is 2. The third-order valence-electron chi connectivity index (χ3n) is 6.64. The van der Waals surface area contributed by atoms with E-state index in [1.807, 2.05) is 0 Å². The minimum Gasteiger partial charge on any atom is -0.489 e. The minimum absolute atomic E-state index is 0.0266. The number of fused-ring (bicyclic) bond motifs is 1. The molecule has 198 valence electrons. The van der Waals surface area contributed by atoms with Crippen LogP contribution in [0.3, 0.4) is 0 Å². The van der Waals surface area contributed by atoms with E-state index in [0.717, 1.165) is 19.3 Å². The second-order valence-electron chi connectivity index (χ2n) is 9.17. The van der Waals surface area contributed by atoms with E-state index in [1.54, 1.807) is 18.2 Å². The standard InChI is InChI=1S/C27H27ClFN5O4/c1-2-25(35)34-9-3-6-23(34)27(36)33-22-12-18-21(13-24(22)38-14-17-5-4-10-37-17)30-15-31-26(18)32-16-7-8-20(29)19(28)11-16/h2,7-8,11-13,15,17,23H,1,3-6,9-10,14H2,(H,33,36)(H,30,31,32)/t17?,23-/m0/s1. The Bertz CT molecular complexity index is 1380. The van der Waals surface area contributed by atoms with Gasteiger partial charge in [-0.1, -0.05) is 18.2 Å². The second kappa shape index (κ2) is 11.3. The normalized spacial score (nSPS) is 18.9. The van der Waals surface area contributed by atoms with Gasteiger partial charge in [-0.25, -0.2) is 14.4 Å². The first-order chi connectivity index (χ1) is 18.4. The number of likely N-dealkylation sites (tertiary alicyclic amines) is 1. The summed E-state index contributed by atoms with van der Waals surface area (Å²) in [4.78, 5) is 35.8. The van der Waals surface area contributed by atoms with E-state index in [0.29, 0.717) is 60.0 Å². The number of benzene rings is 2. The molecule has 3 aromatic rings. The number of nitrogens with zero attached hydrogens (tertiary/aromatic N) is 3. The maximum absolute atomic E-state index is 13.6. The molecule has 2 fully saturated rings. The van der Waals surface area contributed by atoms with Crippen LogP contribution in [0.5, 0.6) is 5.75 Å². The lowest BCUT2D eigenvalue weighted by Gasteiger charge is -2.23. The molecule has 1 aromatic heterocycles. The summed E-state index contributed by atoms with van der Waals surface area (Å²) in [7, 11) is 0. The molecule has 2 amide bonds. The summed E-state index contributed by atoms with van der Waals surface area (Å²) in [6.45, 7) is 5.05. The quantitative estimate of drug-likeness (QED) is 0.395. The van der Waals surface area contributed by atoms with Gasteiger partial charge in [0, 0.05) is 30.3 Å². The lowest BCUT2D eigenvalue weighted by molar-refractivity contribution is -0.132. The summed E-state index contributed by atoms with van der Waals surface area (Å²) in [5.74, 6) is -0.276. The van der Waals surface area contributed by atoms with Gasteiger partial charge in [-0.2, -0.15) is 0 Å². The molecule has 0 bridgehead atoms. The average molecular weight is 540 g/mol. The Balaban J connectivity index is 1.48. The molecule has 0 radical (unpaired) electrons. The largest absolute Gasteiger partial charge is 0.489 e. The number of hydrogen-bond donors (Lipinski definition) is 2. The van der Waals surface area contributed by atoms with Gasteiger partial charge in [-0.15, -0.1) is 0 Å². The fourth-order valence-corrected chi connectivity index (χ4v) is 4.89. The van der Waals surface area contributed by atoms with E-state index in [2.05, 4.69) is 27.2 Å². The number of anilines is 3. The van der Waals surface area contributed by atoms with Crippen LogP contribution in [0.15, 0.2) is 49.3 Å². The second-order valence-corrected chi connectivity index (χ2v) is 9.58. The highest BCUT2D eigenvalue weighted by molar-refractivity contribution is 6.31. The van der Waals surface area contributed by atoms with Gasteiger partial charge in [0.2, 0.25) is 11.8 Å². The van der Waals surface area contributed by atoms with Gasteiger partial charge in [-0.3, -0.25) is 9.59 Å². The Morgan fingerprint density at radius 3 is 2.87 bits per heavy atom. The van der Waals surface area contributed by atoms with Crippen molar-refractivity contribution >= 4 is 51.5 Å². The first kappa shape index (κ1) is 25.9. The maximum Gasteiger partial charge on any atom is 0.247 e. The highest BCUT2D eigenvalue weighted by Crippen LogP contribution is 2.35.